The quantitative estimate of drug-likeness (QED) is 0.540. The van der Waals surface area contributed by atoms with Crippen LogP contribution in [0.5, 0.6) is 0 Å². The molecule has 1 fully saturated rings. The third-order valence-electron chi connectivity index (χ3n) is 1.49. The van der Waals surface area contributed by atoms with E-state index in [0.717, 1.165) is 5.25 Å². The van der Waals surface area contributed by atoms with Gasteiger partial charge < -0.3 is 0 Å². The summed E-state index contributed by atoms with van der Waals surface area (Å²) in [5.74, 6) is 2.71. The Morgan fingerprint density at radius 3 is 2.80 bits per heavy atom. The van der Waals surface area contributed by atoms with Crippen molar-refractivity contribution in [3.63, 3.8) is 0 Å². The fourth-order valence-electron chi connectivity index (χ4n) is 0.830. The summed E-state index contributed by atoms with van der Waals surface area (Å²) < 4.78 is 0.593. The fraction of sp³-hybridized carbons (Fsp3) is 1.00. The van der Waals surface area contributed by atoms with Gasteiger partial charge in [0.25, 0.3) is 0 Å². The maximum absolute atomic E-state index is 4.49. The number of thiol groups is 1. The maximum Gasteiger partial charge on any atom is 0.0475 e. The molecule has 1 atom stereocenters. The van der Waals surface area contributed by atoms with E-state index in [1.807, 2.05) is 0 Å². The first kappa shape index (κ1) is 9.14. The lowest BCUT2D eigenvalue weighted by atomic mass is 10.4. The molecule has 0 radical (unpaired) electrons. The molecule has 0 amide bonds. The van der Waals surface area contributed by atoms with Crippen LogP contribution in [0.4, 0.5) is 0 Å². The van der Waals surface area contributed by atoms with E-state index in [2.05, 4.69) is 43.1 Å². The van der Waals surface area contributed by atoms with Gasteiger partial charge in [0, 0.05) is 21.3 Å². The SMILES string of the molecule is CCCC(S)SC1CSC1. The highest BCUT2D eigenvalue weighted by Crippen LogP contribution is 2.34. The minimum absolute atomic E-state index is 0.593. The summed E-state index contributed by atoms with van der Waals surface area (Å²) in [6.07, 6.45) is 2.52. The second kappa shape index (κ2) is 4.83. The van der Waals surface area contributed by atoms with E-state index in [9.17, 15) is 0 Å². The van der Waals surface area contributed by atoms with Crippen molar-refractivity contribution in [2.75, 3.05) is 11.5 Å². The number of rotatable bonds is 4. The summed E-state index contributed by atoms with van der Waals surface area (Å²) in [5.41, 5.74) is 0. The van der Waals surface area contributed by atoms with E-state index in [0.29, 0.717) is 4.58 Å². The van der Waals surface area contributed by atoms with Crippen LogP contribution in [0, 0.1) is 0 Å². The lowest BCUT2D eigenvalue weighted by Crippen LogP contribution is -2.22. The summed E-state index contributed by atoms with van der Waals surface area (Å²) in [6, 6.07) is 0. The van der Waals surface area contributed by atoms with Crippen molar-refractivity contribution in [3.8, 4) is 0 Å². The molecule has 1 heterocycles. The predicted molar refractivity (Wildman–Crippen MR) is 56.4 cm³/mol. The second-order valence-electron chi connectivity index (χ2n) is 2.54. The van der Waals surface area contributed by atoms with Crippen LogP contribution in [-0.4, -0.2) is 21.3 Å². The molecule has 1 aliphatic heterocycles. The van der Waals surface area contributed by atoms with Crippen LogP contribution in [0.1, 0.15) is 19.8 Å². The molecule has 1 unspecified atom stereocenters. The highest BCUT2D eigenvalue weighted by atomic mass is 32.2. The first-order valence-electron chi connectivity index (χ1n) is 3.74. The summed E-state index contributed by atoms with van der Waals surface area (Å²) in [6.45, 7) is 2.22. The molecule has 0 aliphatic carbocycles. The lowest BCUT2D eigenvalue weighted by Gasteiger charge is -2.26. The number of hydrogen-bond acceptors (Lipinski definition) is 3. The molecule has 3 heteroatoms. The van der Waals surface area contributed by atoms with Gasteiger partial charge in [0.05, 0.1) is 0 Å². The van der Waals surface area contributed by atoms with Crippen LogP contribution < -0.4 is 0 Å². The Morgan fingerprint density at radius 2 is 2.40 bits per heavy atom. The molecular weight excluding hydrogens is 180 g/mol. The van der Waals surface area contributed by atoms with Crippen molar-refractivity contribution in [1.29, 1.82) is 0 Å². The van der Waals surface area contributed by atoms with Gasteiger partial charge in [0.2, 0.25) is 0 Å². The van der Waals surface area contributed by atoms with Crippen LogP contribution in [0.25, 0.3) is 0 Å². The highest BCUT2D eigenvalue weighted by molar-refractivity contribution is 8.13. The van der Waals surface area contributed by atoms with E-state index in [4.69, 9.17) is 0 Å². The zero-order chi connectivity index (χ0) is 7.40. The van der Waals surface area contributed by atoms with Gasteiger partial charge in [-0.25, -0.2) is 0 Å². The summed E-state index contributed by atoms with van der Waals surface area (Å²) >= 11 is 8.60. The van der Waals surface area contributed by atoms with Crippen molar-refractivity contribution in [3.05, 3.63) is 0 Å². The number of thioether (sulfide) groups is 2. The molecule has 1 saturated heterocycles. The highest BCUT2D eigenvalue weighted by Gasteiger charge is 2.20. The minimum atomic E-state index is 0.593. The molecule has 0 N–H and O–H groups in total. The molecule has 0 saturated carbocycles. The molecule has 0 spiro atoms. The Kier molecular flexibility index (Phi) is 4.42. The monoisotopic (exact) mass is 194 g/mol. The average molecular weight is 194 g/mol. The zero-order valence-electron chi connectivity index (χ0n) is 6.25. The van der Waals surface area contributed by atoms with E-state index < -0.39 is 0 Å². The first-order chi connectivity index (χ1) is 4.83. The smallest absolute Gasteiger partial charge is 0.0475 e. The van der Waals surface area contributed by atoms with Crippen molar-refractivity contribution in [2.45, 2.75) is 29.6 Å². The van der Waals surface area contributed by atoms with Crippen molar-refractivity contribution in [1.82, 2.24) is 0 Å². The van der Waals surface area contributed by atoms with E-state index >= 15 is 0 Å². The summed E-state index contributed by atoms with van der Waals surface area (Å²) in [7, 11) is 0. The van der Waals surface area contributed by atoms with Crippen molar-refractivity contribution < 1.29 is 0 Å². The average Bonchev–Trinajstić information content (AvgIpc) is 1.80. The van der Waals surface area contributed by atoms with Crippen LogP contribution in [0.15, 0.2) is 0 Å². The molecule has 60 valence electrons. The van der Waals surface area contributed by atoms with Crippen LogP contribution in [-0.2, 0) is 0 Å². The Balaban J connectivity index is 1.99. The topological polar surface area (TPSA) is 0 Å². The normalized spacial score (nSPS) is 22.2. The summed E-state index contributed by atoms with van der Waals surface area (Å²) in [4.78, 5) is 0. The summed E-state index contributed by atoms with van der Waals surface area (Å²) in [5, 5.41) is 0.916. The molecular formula is C7H14S3. The third-order valence-corrected chi connectivity index (χ3v) is 5.08. The van der Waals surface area contributed by atoms with Crippen LogP contribution >= 0.6 is 36.2 Å². The van der Waals surface area contributed by atoms with E-state index in [1.54, 1.807) is 0 Å². The van der Waals surface area contributed by atoms with Crippen molar-refractivity contribution >= 4 is 36.2 Å². The Bertz CT molecular complexity index is 90.9. The molecule has 1 rings (SSSR count). The first-order valence-corrected chi connectivity index (χ1v) is 6.35. The third kappa shape index (κ3) is 2.97. The Hall–Kier alpha value is 1.05. The maximum atomic E-state index is 4.49. The number of hydrogen-bond donors (Lipinski definition) is 1. The predicted octanol–water partition coefficient (Wildman–Crippen LogP) is 2.89. The van der Waals surface area contributed by atoms with Gasteiger partial charge in [-0.15, -0.1) is 11.8 Å². The minimum Gasteiger partial charge on any atom is -0.165 e. The van der Waals surface area contributed by atoms with Crippen LogP contribution in [0.3, 0.4) is 0 Å². The Morgan fingerprint density at radius 1 is 1.70 bits per heavy atom. The van der Waals surface area contributed by atoms with Gasteiger partial charge in [-0.1, -0.05) is 13.3 Å². The van der Waals surface area contributed by atoms with Gasteiger partial charge in [-0.2, -0.15) is 24.4 Å². The second-order valence-corrected chi connectivity index (χ2v) is 6.09. The molecule has 0 nitrogen and oxygen atoms in total. The molecule has 1 aliphatic rings. The van der Waals surface area contributed by atoms with Gasteiger partial charge in [-0.05, 0) is 6.42 Å². The van der Waals surface area contributed by atoms with Gasteiger partial charge in [0.1, 0.15) is 0 Å². The van der Waals surface area contributed by atoms with Gasteiger partial charge >= 0.3 is 0 Å². The molecule has 0 bridgehead atoms. The Labute approximate surface area is 77.3 Å². The van der Waals surface area contributed by atoms with E-state index in [1.165, 1.54) is 24.3 Å². The van der Waals surface area contributed by atoms with Gasteiger partial charge in [-0.3, -0.25) is 0 Å². The standard InChI is InChI=1S/C7H14S3/c1-2-3-7(8)10-6-4-9-5-6/h6-8H,2-5H2,1H3. The van der Waals surface area contributed by atoms with Gasteiger partial charge in [0.15, 0.2) is 0 Å². The van der Waals surface area contributed by atoms with Crippen LogP contribution in [0.2, 0.25) is 0 Å². The fourth-order valence-corrected chi connectivity index (χ4v) is 4.05. The molecule has 0 aromatic heterocycles. The van der Waals surface area contributed by atoms with E-state index in [-0.39, 0.29) is 0 Å². The zero-order valence-corrected chi connectivity index (χ0v) is 8.77. The molecule has 0 aromatic rings. The molecule has 0 aromatic carbocycles. The largest absolute Gasteiger partial charge is 0.165 e. The lowest BCUT2D eigenvalue weighted by molar-refractivity contribution is 0.868. The van der Waals surface area contributed by atoms with Crippen molar-refractivity contribution in [2.24, 2.45) is 0 Å². The molecule has 10 heavy (non-hydrogen) atoms.